The first-order chi connectivity index (χ1) is 11.2. The van der Waals surface area contributed by atoms with Crippen LogP contribution < -0.4 is 0 Å². The Hall–Kier alpha value is -1.74. The Bertz CT molecular complexity index is 460. The van der Waals surface area contributed by atoms with Gasteiger partial charge in [-0.1, -0.05) is 46.2 Å². The van der Waals surface area contributed by atoms with E-state index in [-0.39, 0.29) is 0 Å². The number of phenolic OH excluding ortho intramolecular Hbond substituents is 1. The van der Waals surface area contributed by atoms with Gasteiger partial charge in [0.2, 0.25) is 0 Å². The number of hydrogen-bond donors (Lipinski definition) is 1. The van der Waals surface area contributed by atoms with Crippen LogP contribution >= 0.6 is 0 Å². The third-order valence-corrected chi connectivity index (χ3v) is 3.32. The molecular weight excluding hydrogens is 288 g/mol. The van der Waals surface area contributed by atoms with Crippen molar-refractivity contribution in [1.82, 2.24) is 0 Å². The second kappa shape index (κ2) is 13.9. The highest BCUT2D eigenvalue weighted by atomic mass is 16.5. The van der Waals surface area contributed by atoms with Gasteiger partial charge in [0, 0.05) is 13.5 Å². The second-order valence-electron chi connectivity index (χ2n) is 5.10. The Kier molecular flexibility index (Phi) is 12.8. The van der Waals surface area contributed by atoms with Gasteiger partial charge < -0.3 is 14.3 Å². The number of benzene rings is 1. The van der Waals surface area contributed by atoms with Crippen molar-refractivity contribution in [1.29, 1.82) is 0 Å². The molecule has 1 N–H and O–H groups in total. The van der Waals surface area contributed by atoms with Crippen molar-refractivity contribution in [2.45, 2.75) is 52.9 Å². The van der Waals surface area contributed by atoms with Crippen LogP contribution in [0.5, 0.6) is 5.75 Å². The van der Waals surface area contributed by atoms with E-state index in [1.54, 1.807) is 25.5 Å². The molecule has 2 aromatic rings. The highest BCUT2D eigenvalue weighted by molar-refractivity contribution is 5.27. The third-order valence-electron chi connectivity index (χ3n) is 3.32. The first-order valence-electron chi connectivity index (χ1n) is 8.47. The Morgan fingerprint density at radius 2 is 1.78 bits per heavy atom. The van der Waals surface area contributed by atoms with E-state index in [0.717, 1.165) is 18.8 Å². The van der Waals surface area contributed by atoms with Crippen molar-refractivity contribution in [3.8, 4) is 5.75 Å². The zero-order chi connectivity index (χ0) is 17.5. The fourth-order valence-corrected chi connectivity index (χ4v) is 2.06. The van der Waals surface area contributed by atoms with E-state index in [4.69, 9.17) is 14.3 Å². The van der Waals surface area contributed by atoms with Crippen LogP contribution in [0.1, 0.15) is 57.8 Å². The number of hydrogen-bond acceptors (Lipinski definition) is 3. The Morgan fingerprint density at radius 1 is 1.13 bits per heavy atom. The predicted molar refractivity (Wildman–Crippen MR) is 97.1 cm³/mol. The number of aromatic hydroxyl groups is 1. The summed E-state index contributed by atoms with van der Waals surface area (Å²) in [5.74, 6) is 1.94. The topological polar surface area (TPSA) is 42.6 Å². The van der Waals surface area contributed by atoms with Crippen molar-refractivity contribution in [3.05, 3.63) is 54.0 Å². The van der Waals surface area contributed by atoms with Gasteiger partial charge in [0.15, 0.2) is 0 Å². The summed E-state index contributed by atoms with van der Waals surface area (Å²) in [6.45, 7) is 9.14. The summed E-state index contributed by atoms with van der Waals surface area (Å²) in [5.41, 5.74) is 1.31. The van der Waals surface area contributed by atoms with E-state index < -0.39 is 0 Å². The maximum Gasteiger partial charge on any atom is 0.115 e. The lowest BCUT2D eigenvalue weighted by atomic mass is 9.97. The summed E-state index contributed by atoms with van der Waals surface area (Å²) in [4.78, 5) is 0. The van der Waals surface area contributed by atoms with Crippen LogP contribution in [0, 0.1) is 0 Å². The normalized spacial score (nSPS) is 10.8. The van der Waals surface area contributed by atoms with Gasteiger partial charge in [-0.05, 0) is 42.2 Å². The SMILES string of the molecule is CC.CCCC(C)c1ccc(O)cc1.COCCc1ccco1. The molecule has 0 fully saturated rings. The van der Waals surface area contributed by atoms with Crippen molar-refractivity contribution in [2.24, 2.45) is 0 Å². The number of rotatable bonds is 6. The fraction of sp³-hybridized carbons (Fsp3) is 0.500. The molecule has 1 aromatic heterocycles. The molecule has 2 rings (SSSR count). The largest absolute Gasteiger partial charge is 0.508 e. The van der Waals surface area contributed by atoms with Crippen LogP contribution in [0.25, 0.3) is 0 Å². The van der Waals surface area contributed by atoms with Gasteiger partial charge in [-0.25, -0.2) is 0 Å². The quantitative estimate of drug-likeness (QED) is 0.732. The molecule has 0 radical (unpaired) electrons. The molecule has 0 bridgehead atoms. The molecule has 0 saturated carbocycles. The number of methoxy groups -OCH3 is 1. The first-order valence-corrected chi connectivity index (χ1v) is 8.47. The molecule has 0 amide bonds. The Morgan fingerprint density at radius 3 is 2.26 bits per heavy atom. The molecule has 3 nitrogen and oxygen atoms in total. The standard InChI is InChI=1S/C11H16O.C7H10O2.C2H6/c1-3-4-9(2)10-5-7-11(12)8-6-10;1-8-6-4-7-3-2-5-9-7;1-2/h5-9,12H,3-4H2,1-2H3;2-3,5H,4,6H2,1H3;1-2H3. The summed E-state index contributed by atoms with van der Waals surface area (Å²) < 4.78 is 9.91. The van der Waals surface area contributed by atoms with Gasteiger partial charge in [0.25, 0.3) is 0 Å². The molecule has 0 aliphatic rings. The van der Waals surface area contributed by atoms with Crippen LogP contribution in [0.2, 0.25) is 0 Å². The van der Waals surface area contributed by atoms with Gasteiger partial charge >= 0.3 is 0 Å². The molecule has 0 saturated heterocycles. The highest BCUT2D eigenvalue weighted by Gasteiger charge is 2.02. The summed E-state index contributed by atoms with van der Waals surface area (Å²) in [6.07, 6.45) is 4.96. The van der Waals surface area contributed by atoms with E-state index in [9.17, 15) is 0 Å². The third kappa shape index (κ3) is 9.80. The molecule has 1 unspecified atom stereocenters. The summed E-state index contributed by atoms with van der Waals surface area (Å²) in [5, 5.41) is 9.07. The monoisotopic (exact) mass is 320 g/mol. The van der Waals surface area contributed by atoms with E-state index in [1.165, 1.54) is 18.4 Å². The maximum atomic E-state index is 9.07. The fourth-order valence-electron chi connectivity index (χ4n) is 2.06. The smallest absolute Gasteiger partial charge is 0.115 e. The van der Waals surface area contributed by atoms with Crippen LogP contribution in [0.4, 0.5) is 0 Å². The van der Waals surface area contributed by atoms with Crippen LogP contribution in [0.3, 0.4) is 0 Å². The van der Waals surface area contributed by atoms with Gasteiger partial charge in [-0.3, -0.25) is 0 Å². The minimum Gasteiger partial charge on any atom is -0.508 e. The Labute approximate surface area is 141 Å². The van der Waals surface area contributed by atoms with E-state index >= 15 is 0 Å². The van der Waals surface area contributed by atoms with Crippen LogP contribution in [-0.2, 0) is 11.2 Å². The zero-order valence-corrected chi connectivity index (χ0v) is 15.2. The van der Waals surface area contributed by atoms with Gasteiger partial charge in [0.05, 0.1) is 12.9 Å². The van der Waals surface area contributed by atoms with Gasteiger partial charge in [-0.2, -0.15) is 0 Å². The molecule has 1 aromatic carbocycles. The van der Waals surface area contributed by atoms with E-state index in [1.807, 2.05) is 38.1 Å². The van der Waals surface area contributed by atoms with Crippen molar-refractivity contribution >= 4 is 0 Å². The van der Waals surface area contributed by atoms with Crippen LogP contribution in [0.15, 0.2) is 47.1 Å². The summed E-state index contributed by atoms with van der Waals surface area (Å²) >= 11 is 0. The highest BCUT2D eigenvalue weighted by Crippen LogP contribution is 2.22. The molecule has 1 heterocycles. The molecule has 1 atom stereocenters. The summed E-state index contributed by atoms with van der Waals surface area (Å²) in [6, 6.07) is 11.3. The Balaban J connectivity index is 0.000000392. The van der Waals surface area contributed by atoms with Crippen LogP contribution in [-0.4, -0.2) is 18.8 Å². The first kappa shape index (κ1) is 21.3. The van der Waals surface area contributed by atoms with Gasteiger partial charge in [0.1, 0.15) is 11.5 Å². The molecule has 23 heavy (non-hydrogen) atoms. The van der Waals surface area contributed by atoms with E-state index in [2.05, 4.69) is 13.8 Å². The molecule has 0 spiro atoms. The molecule has 130 valence electrons. The van der Waals surface area contributed by atoms with Crippen molar-refractivity contribution in [3.63, 3.8) is 0 Å². The lowest BCUT2D eigenvalue weighted by Crippen LogP contribution is -1.91. The second-order valence-corrected chi connectivity index (χ2v) is 5.10. The number of furan rings is 1. The minimum atomic E-state index is 0.349. The van der Waals surface area contributed by atoms with E-state index in [0.29, 0.717) is 11.7 Å². The molecule has 3 heteroatoms. The minimum absolute atomic E-state index is 0.349. The van der Waals surface area contributed by atoms with Crippen molar-refractivity contribution < 1.29 is 14.3 Å². The van der Waals surface area contributed by atoms with Crippen molar-refractivity contribution in [2.75, 3.05) is 13.7 Å². The summed E-state index contributed by atoms with van der Waals surface area (Å²) in [7, 11) is 1.68. The average molecular weight is 320 g/mol. The number of ether oxygens (including phenoxy) is 1. The molecule has 0 aliphatic heterocycles. The predicted octanol–water partition coefficient (Wildman–Crippen LogP) is 5.79. The average Bonchev–Trinajstić information content (AvgIpc) is 3.10. The maximum absolute atomic E-state index is 9.07. The number of phenols is 1. The molecular formula is C20H32O3. The van der Waals surface area contributed by atoms with Gasteiger partial charge in [-0.15, -0.1) is 0 Å². The lowest BCUT2D eigenvalue weighted by molar-refractivity contribution is 0.196. The zero-order valence-electron chi connectivity index (χ0n) is 15.2. The lowest BCUT2D eigenvalue weighted by Gasteiger charge is -2.09. The molecule has 0 aliphatic carbocycles.